The summed E-state index contributed by atoms with van der Waals surface area (Å²) in [7, 11) is 0. The summed E-state index contributed by atoms with van der Waals surface area (Å²) < 4.78 is 0. The molecule has 0 N–H and O–H groups in total. The van der Waals surface area contributed by atoms with Gasteiger partial charge in [0.15, 0.2) is 0 Å². The van der Waals surface area contributed by atoms with Crippen LogP contribution < -0.4 is 26.2 Å². The molecule has 0 unspecified atom stereocenters. The summed E-state index contributed by atoms with van der Waals surface area (Å²) in [6, 6.07) is 50.5. The lowest BCUT2D eigenvalue weighted by Gasteiger charge is -2.49. The van der Waals surface area contributed by atoms with Gasteiger partial charge in [-0.3, -0.25) is 0 Å². The molecular weight excluding hydrogens is 603 g/mol. The van der Waals surface area contributed by atoms with Crippen molar-refractivity contribution in [2.75, 3.05) is 9.80 Å². The van der Waals surface area contributed by atoms with Gasteiger partial charge in [-0.2, -0.15) is 0 Å². The summed E-state index contributed by atoms with van der Waals surface area (Å²) in [5.74, 6) is 0.583. The zero-order valence-electron chi connectivity index (χ0n) is 29.8. The van der Waals surface area contributed by atoms with E-state index in [1.807, 2.05) is 0 Å². The molecule has 0 radical (unpaired) electrons. The molecule has 246 valence electrons. The highest BCUT2D eigenvalue weighted by atomic mass is 15.2. The van der Waals surface area contributed by atoms with Gasteiger partial charge in [0.25, 0.3) is 6.71 Å². The van der Waals surface area contributed by atoms with E-state index >= 15 is 0 Å². The van der Waals surface area contributed by atoms with Crippen molar-refractivity contribution in [1.82, 2.24) is 0 Å². The van der Waals surface area contributed by atoms with Gasteiger partial charge < -0.3 is 9.80 Å². The van der Waals surface area contributed by atoms with E-state index in [1.54, 1.807) is 0 Å². The Labute approximate surface area is 298 Å². The van der Waals surface area contributed by atoms with E-state index in [-0.39, 0.29) is 12.3 Å². The predicted octanol–water partition coefficient (Wildman–Crippen LogP) is 10.9. The predicted molar refractivity (Wildman–Crippen MR) is 216 cm³/mol. The molecule has 1 aliphatic carbocycles. The third-order valence-electron chi connectivity index (χ3n) is 11.3. The smallest absolute Gasteiger partial charge is 0.252 e. The summed E-state index contributed by atoms with van der Waals surface area (Å²) >= 11 is 0. The lowest BCUT2D eigenvalue weighted by molar-refractivity contribution is 0.443. The molecule has 1 fully saturated rings. The fraction of sp³-hybridized carbons (Fsp3) is 0.234. The second-order valence-electron chi connectivity index (χ2n) is 15.7. The summed E-state index contributed by atoms with van der Waals surface area (Å²) in [4.78, 5) is 5.27. The number of fused-ring (bicyclic) bond motifs is 4. The zero-order valence-corrected chi connectivity index (χ0v) is 29.8. The second-order valence-corrected chi connectivity index (χ2v) is 15.7. The number of aryl methyl sites for hydroxylation is 1. The van der Waals surface area contributed by atoms with Crippen LogP contribution in [0.2, 0.25) is 0 Å². The van der Waals surface area contributed by atoms with Gasteiger partial charge in [0.1, 0.15) is 0 Å². The maximum Gasteiger partial charge on any atom is 0.252 e. The molecule has 2 heterocycles. The van der Waals surface area contributed by atoms with E-state index in [0.29, 0.717) is 5.92 Å². The number of hydrogen-bond donors (Lipinski definition) is 0. The molecule has 0 saturated heterocycles. The maximum absolute atomic E-state index is 2.65. The van der Waals surface area contributed by atoms with Crippen LogP contribution in [0.25, 0.3) is 22.3 Å². The molecule has 1 saturated carbocycles. The third kappa shape index (κ3) is 5.18. The minimum absolute atomic E-state index is 0.106. The number of hydrogen-bond acceptors (Lipinski definition) is 2. The second kappa shape index (κ2) is 12.1. The Kier molecular flexibility index (Phi) is 7.50. The number of anilines is 5. The molecule has 3 heteroatoms. The van der Waals surface area contributed by atoms with Gasteiger partial charge >= 0.3 is 0 Å². The summed E-state index contributed by atoms with van der Waals surface area (Å²) in [5.41, 5.74) is 18.4. The molecular formula is C47H45BN2. The minimum atomic E-state index is -0.106. The first-order chi connectivity index (χ1) is 24.3. The van der Waals surface area contributed by atoms with E-state index in [1.165, 1.54) is 110 Å². The van der Waals surface area contributed by atoms with Crippen LogP contribution in [0.1, 0.15) is 69.9 Å². The third-order valence-corrected chi connectivity index (χ3v) is 11.3. The highest BCUT2D eigenvalue weighted by molar-refractivity contribution is 7.00. The molecule has 2 aliphatic heterocycles. The largest absolute Gasteiger partial charge is 0.337 e. The van der Waals surface area contributed by atoms with Crippen LogP contribution in [0.3, 0.4) is 0 Å². The minimum Gasteiger partial charge on any atom is -0.337 e. The number of benzene rings is 6. The van der Waals surface area contributed by atoms with E-state index in [4.69, 9.17) is 0 Å². The lowest BCUT2D eigenvalue weighted by atomic mass is 9.33. The molecule has 50 heavy (non-hydrogen) atoms. The van der Waals surface area contributed by atoms with E-state index in [2.05, 4.69) is 171 Å². The summed E-state index contributed by atoms with van der Waals surface area (Å²) in [5, 5.41) is 0. The van der Waals surface area contributed by atoms with Gasteiger partial charge in [0.05, 0.1) is 0 Å². The van der Waals surface area contributed by atoms with Crippen molar-refractivity contribution in [3.05, 3.63) is 145 Å². The Morgan fingerprint density at radius 3 is 1.82 bits per heavy atom. The lowest BCUT2D eigenvalue weighted by Crippen LogP contribution is -2.63. The molecule has 9 rings (SSSR count). The highest BCUT2D eigenvalue weighted by Crippen LogP contribution is 2.47. The SMILES string of the molecule is Cc1ccc2c(c1)B1c3ccccc3N(C(C)(C)C)c3cc(C4CCCCC4)cc(c31)N2c1cc(-c2ccccc2)cc(-c2ccccc2)c1. The van der Waals surface area contributed by atoms with Gasteiger partial charge in [0, 0.05) is 34.0 Å². The number of rotatable bonds is 4. The Morgan fingerprint density at radius 1 is 0.540 bits per heavy atom. The first kappa shape index (κ1) is 31.0. The van der Waals surface area contributed by atoms with Crippen molar-refractivity contribution in [3.8, 4) is 22.3 Å². The van der Waals surface area contributed by atoms with Crippen molar-refractivity contribution >= 4 is 51.5 Å². The van der Waals surface area contributed by atoms with Crippen LogP contribution in [0, 0.1) is 6.92 Å². The van der Waals surface area contributed by atoms with Crippen LogP contribution >= 0.6 is 0 Å². The molecule has 2 nitrogen and oxygen atoms in total. The van der Waals surface area contributed by atoms with Gasteiger partial charge in [-0.25, -0.2) is 0 Å². The van der Waals surface area contributed by atoms with Gasteiger partial charge in [-0.15, -0.1) is 0 Å². The van der Waals surface area contributed by atoms with Crippen molar-refractivity contribution in [3.63, 3.8) is 0 Å². The molecule has 0 bridgehead atoms. The topological polar surface area (TPSA) is 6.48 Å². The van der Waals surface area contributed by atoms with E-state index in [0.717, 1.165) is 0 Å². The molecule has 3 aliphatic rings. The van der Waals surface area contributed by atoms with Crippen LogP contribution in [-0.2, 0) is 0 Å². The van der Waals surface area contributed by atoms with Crippen LogP contribution in [0.15, 0.2) is 133 Å². The Hall–Kier alpha value is -5.02. The normalized spacial score (nSPS) is 15.4. The van der Waals surface area contributed by atoms with Crippen LogP contribution in [0.4, 0.5) is 28.4 Å². The first-order valence-corrected chi connectivity index (χ1v) is 18.6. The number of nitrogens with zero attached hydrogens (tertiary/aromatic N) is 2. The zero-order chi connectivity index (χ0) is 34.0. The van der Waals surface area contributed by atoms with Crippen molar-refractivity contribution in [2.45, 2.75) is 71.3 Å². The standard InChI is InChI=1S/C47H45BN2/c1-32-24-25-42-41(26-32)48-40-22-14-15-23-43(40)50(47(2,3)4)45-31-38(35-20-12-7-13-21-35)30-44(46(45)48)49(42)39-28-36(33-16-8-5-9-17-33)27-37(29-39)34-18-10-6-11-19-34/h5-6,8-11,14-19,22-31,35H,7,12-13,20-21H2,1-4H3. The van der Waals surface area contributed by atoms with E-state index in [9.17, 15) is 0 Å². The Morgan fingerprint density at radius 2 is 1.16 bits per heavy atom. The van der Waals surface area contributed by atoms with Crippen molar-refractivity contribution in [2.24, 2.45) is 0 Å². The van der Waals surface area contributed by atoms with Gasteiger partial charge in [0.2, 0.25) is 0 Å². The molecule has 6 aromatic rings. The molecule has 0 spiro atoms. The first-order valence-electron chi connectivity index (χ1n) is 18.6. The van der Waals surface area contributed by atoms with Gasteiger partial charge in [-0.1, -0.05) is 116 Å². The number of para-hydroxylation sites is 1. The van der Waals surface area contributed by atoms with Crippen molar-refractivity contribution in [1.29, 1.82) is 0 Å². The molecule has 6 aromatic carbocycles. The van der Waals surface area contributed by atoms with Crippen molar-refractivity contribution < 1.29 is 0 Å². The van der Waals surface area contributed by atoms with Crippen LogP contribution in [-0.4, -0.2) is 12.3 Å². The fourth-order valence-corrected chi connectivity index (χ4v) is 9.10. The van der Waals surface area contributed by atoms with Crippen LogP contribution in [0.5, 0.6) is 0 Å². The summed E-state index contributed by atoms with van der Waals surface area (Å²) in [6.07, 6.45) is 6.52. The molecule has 0 aromatic heterocycles. The Balaban J connectivity index is 1.37. The van der Waals surface area contributed by atoms with Gasteiger partial charge in [-0.05, 0) is 133 Å². The highest BCUT2D eigenvalue weighted by Gasteiger charge is 2.45. The summed E-state index contributed by atoms with van der Waals surface area (Å²) in [6.45, 7) is 9.52. The monoisotopic (exact) mass is 648 g/mol. The van der Waals surface area contributed by atoms with E-state index < -0.39 is 0 Å². The fourth-order valence-electron chi connectivity index (χ4n) is 9.10. The molecule has 0 amide bonds. The Bertz CT molecular complexity index is 2150. The average molecular weight is 649 g/mol. The quantitative estimate of drug-likeness (QED) is 0.175. The molecule has 0 atom stereocenters. The average Bonchev–Trinajstić information content (AvgIpc) is 3.15. The maximum atomic E-state index is 2.65.